The minimum Gasteiger partial charge on any atom is -0.134 e. The van der Waals surface area contributed by atoms with Crippen LogP contribution in [0.4, 0.5) is 0 Å². The molecule has 1 heteroatoms. The van der Waals surface area contributed by atoms with Gasteiger partial charge in [0.1, 0.15) is 0 Å². The molecule has 0 amide bonds. The average Bonchev–Trinajstić information content (AvgIpc) is 3.58. The Morgan fingerprint density at radius 2 is 0.612 bits per heavy atom. The number of rotatable bonds is 4. The molecule has 10 aromatic rings. The van der Waals surface area contributed by atoms with Crippen LogP contribution in [0.25, 0.3) is 97.0 Å². The van der Waals surface area contributed by atoms with Crippen molar-refractivity contribution in [1.29, 1.82) is 0 Å². The fraction of sp³-hybridized carbons (Fsp3) is 0. The van der Waals surface area contributed by atoms with E-state index in [1.165, 1.54) is 97.0 Å². The first kappa shape index (κ1) is 28.0. The van der Waals surface area contributed by atoms with Gasteiger partial charge in [0.2, 0.25) is 0 Å². The Balaban J connectivity index is 1.11. The molecule has 0 atom stereocenters. The average molecular weight is 639 g/mol. The first-order chi connectivity index (χ1) is 24.3. The number of hydrogen-bond donors (Lipinski definition) is 0. The number of hydrogen-bond acceptors (Lipinski definition) is 1. The smallest absolute Gasteiger partial charge is 0.0434 e. The predicted octanol–water partition coefficient (Wildman–Crippen LogP) is 14.2. The van der Waals surface area contributed by atoms with Crippen molar-refractivity contribution in [1.82, 2.24) is 0 Å². The zero-order chi connectivity index (χ0) is 32.3. The summed E-state index contributed by atoms with van der Waals surface area (Å²) in [6.45, 7) is 0. The maximum atomic E-state index is 2.39. The summed E-state index contributed by atoms with van der Waals surface area (Å²) < 4.78 is 2.66. The quantitative estimate of drug-likeness (QED) is 0.168. The van der Waals surface area contributed by atoms with E-state index in [9.17, 15) is 0 Å². The van der Waals surface area contributed by atoms with Crippen molar-refractivity contribution in [3.05, 3.63) is 182 Å². The molecule has 0 aliphatic heterocycles. The van der Waals surface area contributed by atoms with Crippen LogP contribution < -0.4 is 0 Å². The molecule has 0 aliphatic carbocycles. The lowest BCUT2D eigenvalue weighted by Gasteiger charge is -2.12. The summed E-state index contributed by atoms with van der Waals surface area (Å²) >= 11 is 1.91. The molecule has 0 aliphatic rings. The van der Waals surface area contributed by atoms with Crippen molar-refractivity contribution in [2.24, 2.45) is 0 Å². The largest absolute Gasteiger partial charge is 0.134 e. The molecule has 0 radical (unpaired) electrons. The Kier molecular flexibility index (Phi) is 6.47. The summed E-state index contributed by atoms with van der Waals surface area (Å²) in [6.07, 6.45) is 0. The summed E-state index contributed by atoms with van der Waals surface area (Å²) in [4.78, 5) is 0. The highest BCUT2D eigenvalue weighted by Gasteiger charge is 2.15. The summed E-state index contributed by atoms with van der Waals surface area (Å²) in [7, 11) is 0. The maximum Gasteiger partial charge on any atom is 0.0434 e. The minimum atomic E-state index is 1.23. The van der Waals surface area contributed by atoms with Gasteiger partial charge >= 0.3 is 0 Å². The van der Waals surface area contributed by atoms with E-state index >= 15 is 0 Å². The SMILES string of the molecule is c1ccc(-c2cccc(-c3cccc4c3sc3c(-c5cccc(-c6ccc7c8ccccc8c8ccccc8c7c6)c5)cccc34)c2)cc1. The lowest BCUT2D eigenvalue weighted by molar-refractivity contribution is 1.61. The van der Waals surface area contributed by atoms with Crippen LogP contribution in [-0.4, -0.2) is 0 Å². The normalized spacial score (nSPS) is 11.7. The van der Waals surface area contributed by atoms with Gasteiger partial charge in [-0.1, -0.05) is 164 Å². The Bertz CT molecular complexity index is 2840. The van der Waals surface area contributed by atoms with E-state index in [0.29, 0.717) is 0 Å². The van der Waals surface area contributed by atoms with Gasteiger partial charge in [0, 0.05) is 20.2 Å². The summed E-state index contributed by atoms with van der Waals surface area (Å²) in [5.41, 5.74) is 10.00. The fourth-order valence-corrected chi connectivity index (χ4v) is 9.10. The van der Waals surface area contributed by atoms with Gasteiger partial charge in [0.25, 0.3) is 0 Å². The molecule has 228 valence electrons. The van der Waals surface area contributed by atoms with Gasteiger partial charge in [-0.25, -0.2) is 0 Å². The Hall–Kier alpha value is -6.02. The van der Waals surface area contributed by atoms with Crippen molar-refractivity contribution in [3.8, 4) is 44.5 Å². The fourth-order valence-electron chi connectivity index (χ4n) is 7.73. The highest BCUT2D eigenvalue weighted by Crippen LogP contribution is 2.45. The molecule has 0 saturated carbocycles. The van der Waals surface area contributed by atoms with E-state index in [-0.39, 0.29) is 0 Å². The predicted molar refractivity (Wildman–Crippen MR) is 214 cm³/mol. The maximum absolute atomic E-state index is 2.39. The molecule has 1 heterocycles. The standard InChI is InChI=1S/C48H30S/c1-2-12-31(13-3-1)32-14-8-16-35(28-32)37-22-10-24-44-45-25-11-23-38(48(45)49-47(37)44)36-17-9-15-33(29-36)34-26-27-43-41-20-5-4-18-39(41)40-19-6-7-21-42(40)46(43)30-34/h1-30H. The van der Waals surface area contributed by atoms with E-state index in [4.69, 9.17) is 0 Å². The molecule has 0 nitrogen and oxygen atoms in total. The van der Waals surface area contributed by atoms with Gasteiger partial charge in [-0.15, -0.1) is 11.3 Å². The van der Waals surface area contributed by atoms with Gasteiger partial charge in [-0.05, 0) is 95.0 Å². The van der Waals surface area contributed by atoms with Crippen LogP contribution in [0.3, 0.4) is 0 Å². The van der Waals surface area contributed by atoms with Crippen molar-refractivity contribution in [3.63, 3.8) is 0 Å². The van der Waals surface area contributed by atoms with E-state index in [0.717, 1.165) is 0 Å². The molecule has 0 unspecified atom stereocenters. The zero-order valence-electron chi connectivity index (χ0n) is 26.7. The second-order valence-corrected chi connectivity index (χ2v) is 13.9. The molecule has 0 N–H and O–H groups in total. The third kappa shape index (κ3) is 4.58. The van der Waals surface area contributed by atoms with Crippen LogP contribution in [0.5, 0.6) is 0 Å². The van der Waals surface area contributed by atoms with Crippen molar-refractivity contribution in [2.75, 3.05) is 0 Å². The Morgan fingerprint density at radius 1 is 0.224 bits per heavy atom. The Labute approximate surface area is 289 Å². The molecule has 0 spiro atoms. The van der Waals surface area contributed by atoms with Crippen LogP contribution >= 0.6 is 11.3 Å². The third-order valence-electron chi connectivity index (χ3n) is 10.1. The van der Waals surface area contributed by atoms with Crippen molar-refractivity contribution >= 4 is 63.8 Å². The third-order valence-corrected chi connectivity index (χ3v) is 11.3. The first-order valence-electron chi connectivity index (χ1n) is 16.8. The number of thiophene rings is 1. The molecule has 0 bridgehead atoms. The Morgan fingerprint density at radius 3 is 1.18 bits per heavy atom. The number of fused-ring (bicyclic) bond motifs is 9. The van der Waals surface area contributed by atoms with Gasteiger partial charge in [0.15, 0.2) is 0 Å². The van der Waals surface area contributed by atoms with Gasteiger partial charge < -0.3 is 0 Å². The summed E-state index contributed by atoms with van der Waals surface area (Å²) in [6, 6.07) is 66.8. The van der Waals surface area contributed by atoms with Crippen LogP contribution in [0.15, 0.2) is 182 Å². The highest BCUT2D eigenvalue weighted by atomic mass is 32.1. The zero-order valence-corrected chi connectivity index (χ0v) is 27.5. The molecule has 1 aromatic heterocycles. The molecular weight excluding hydrogens is 609 g/mol. The molecule has 49 heavy (non-hydrogen) atoms. The van der Waals surface area contributed by atoms with E-state index in [2.05, 4.69) is 182 Å². The van der Waals surface area contributed by atoms with E-state index in [1.54, 1.807) is 0 Å². The monoisotopic (exact) mass is 638 g/mol. The van der Waals surface area contributed by atoms with Crippen LogP contribution in [0.1, 0.15) is 0 Å². The van der Waals surface area contributed by atoms with Gasteiger partial charge in [-0.3, -0.25) is 0 Å². The van der Waals surface area contributed by atoms with Crippen molar-refractivity contribution < 1.29 is 0 Å². The van der Waals surface area contributed by atoms with Crippen LogP contribution in [0.2, 0.25) is 0 Å². The molecule has 9 aromatic carbocycles. The van der Waals surface area contributed by atoms with Gasteiger partial charge in [-0.2, -0.15) is 0 Å². The van der Waals surface area contributed by atoms with E-state index < -0.39 is 0 Å². The first-order valence-corrected chi connectivity index (χ1v) is 17.7. The van der Waals surface area contributed by atoms with Gasteiger partial charge in [0.05, 0.1) is 0 Å². The van der Waals surface area contributed by atoms with Crippen LogP contribution in [0, 0.1) is 0 Å². The molecule has 0 saturated heterocycles. The van der Waals surface area contributed by atoms with Crippen molar-refractivity contribution in [2.45, 2.75) is 0 Å². The topological polar surface area (TPSA) is 0 Å². The lowest BCUT2D eigenvalue weighted by atomic mass is 9.91. The second-order valence-electron chi connectivity index (χ2n) is 12.8. The summed E-state index contributed by atoms with van der Waals surface area (Å²) in [5, 5.41) is 10.4. The summed E-state index contributed by atoms with van der Waals surface area (Å²) in [5.74, 6) is 0. The molecular formula is C48H30S. The van der Waals surface area contributed by atoms with E-state index in [1.807, 2.05) is 11.3 Å². The lowest BCUT2D eigenvalue weighted by Crippen LogP contribution is -1.86. The molecule has 0 fully saturated rings. The van der Waals surface area contributed by atoms with Crippen LogP contribution in [-0.2, 0) is 0 Å². The minimum absolute atomic E-state index is 1.23. The second kappa shape index (κ2) is 11.3. The highest BCUT2D eigenvalue weighted by molar-refractivity contribution is 7.26. The number of benzene rings is 9. The molecule has 10 rings (SSSR count).